The zero-order valence-corrected chi connectivity index (χ0v) is 18.4. The van der Waals surface area contributed by atoms with Crippen molar-refractivity contribution >= 4 is 44.3 Å². The van der Waals surface area contributed by atoms with E-state index in [-0.39, 0.29) is 18.7 Å². The van der Waals surface area contributed by atoms with Crippen LogP contribution in [0, 0.1) is 13.8 Å². The van der Waals surface area contributed by atoms with Crippen molar-refractivity contribution < 1.29 is 13.6 Å². The number of carbonyl (C=O) groups is 1. The van der Waals surface area contributed by atoms with E-state index in [1.165, 1.54) is 11.3 Å². The standard InChI is InChI=1S/C25H20N2O4S/c1-14-17(8-9-22(28)27-25-26-10-11-32-25)24(29)31-20-13-21-19(12-18(14)20)23(15(2)30-21)16-6-4-3-5-7-16/h3-7,10-13H,8-9H2,1-2H3,(H,26,27,28). The molecule has 7 heteroatoms. The van der Waals surface area contributed by atoms with Gasteiger partial charge >= 0.3 is 5.63 Å². The number of hydrogen-bond donors (Lipinski definition) is 1. The lowest BCUT2D eigenvalue weighted by Gasteiger charge is -2.08. The first-order chi connectivity index (χ1) is 15.5. The van der Waals surface area contributed by atoms with Crippen LogP contribution in [0.15, 0.2) is 67.7 Å². The number of aromatic nitrogens is 1. The van der Waals surface area contributed by atoms with Crippen molar-refractivity contribution in [3.05, 3.63) is 81.3 Å². The Labute approximate surface area is 187 Å². The van der Waals surface area contributed by atoms with Gasteiger partial charge in [-0.3, -0.25) is 4.79 Å². The van der Waals surface area contributed by atoms with Gasteiger partial charge in [0.05, 0.1) is 0 Å². The van der Waals surface area contributed by atoms with Crippen molar-refractivity contribution in [2.45, 2.75) is 26.7 Å². The van der Waals surface area contributed by atoms with Gasteiger partial charge in [-0.05, 0) is 37.5 Å². The normalized spacial score (nSPS) is 11.3. The molecule has 5 aromatic rings. The van der Waals surface area contributed by atoms with Gasteiger partial charge in [0.2, 0.25) is 5.91 Å². The molecule has 0 unspecified atom stereocenters. The molecule has 32 heavy (non-hydrogen) atoms. The maximum absolute atomic E-state index is 12.7. The molecule has 0 aliphatic carbocycles. The van der Waals surface area contributed by atoms with Crippen LogP contribution < -0.4 is 10.9 Å². The smallest absolute Gasteiger partial charge is 0.339 e. The van der Waals surface area contributed by atoms with E-state index in [1.807, 2.05) is 50.2 Å². The average molecular weight is 445 g/mol. The Kier molecular flexibility index (Phi) is 5.11. The average Bonchev–Trinajstić information content (AvgIpc) is 3.39. The Morgan fingerprint density at radius 1 is 1.06 bits per heavy atom. The number of benzene rings is 2. The van der Waals surface area contributed by atoms with Crippen LogP contribution >= 0.6 is 11.3 Å². The van der Waals surface area contributed by atoms with Gasteiger partial charge < -0.3 is 14.2 Å². The molecule has 0 aliphatic rings. The van der Waals surface area contributed by atoms with Gasteiger partial charge in [0, 0.05) is 46.0 Å². The number of nitrogens with one attached hydrogen (secondary N) is 1. The minimum absolute atomic E-state index is 0.166. The summed E-state index contributed by atoms with van der Waals surface area (Å²) in [6.07, 6.45) is 2.08. The van der Waals surface area contributed by atoms with E-state index in [4.69, 9.17) is 8.83 Å². The zero-order valence-electron chi connectivity index (χ0n) is 17.6. The number of anilines is 1. The third-order valence-corrected chi connectivity index (χ3v) is 6.30. The van der Waals surface area contributed by atoms with E-state index in [9.17, 15) is 9.59 Å². The molecular weight excluding hydrogens is 424 g/mol. The number of amides is 1. The Morgan fingerprint density at radius 2 is 1.84 bits per heavy atom. The maximum atomic E-state index is 12.7. The quantitative estimate of drug-likeness (QED) is 0.344. The minimum Gasteiger partial charge on any atom is -0.461 e. The Bertz CT molecular complexity index is 1500. The molecular formula is C25H20N2O4S. The molecule has 160 valence electrons. The molecule has 2 aromatic carbocycles. The lowest BCUT2D eigenvalue weighted by Crippen LogP contribution is -2.16. The van der Waals surface area contributed by atoms with E-state index in [0.717, 1.165) is 33.2 Å². The predicted octanol–water partition coefficient (Wildman–Crippen LogP) is 5.85. The molecule has 0 spiro atoms. The zero-order chi connectivity index (χ0) is 22.2. The first-order valence-corrected chi connectivity index (χ1v) is 11.1. The molecule has 3 heterocycles. The van der Waals surface area contributed by atoms with Gasteiger partial charge in [0.1, 0.15) is 16.9 Å². The van der Waals surface area contributed by atoms with Crippen molar-refractivity contribution in [1.29, 1.82) is 0 Å². The topological polar surface area (TPSA) is 85.3 Å². The van der Waals surface area contributed by atoms with Crippen LogP contribution in [0.2, 0.25) is 0 Å². The van der Waals surface area contributed by atoms with Gasteiger partial charge in [-0.2, -0.15) is 0 Å². The van der Waals surface area contributed by atoms with E-state index in [1.54, 1.807) is 17.6 Å². The molecule has 0 saturated heterocycles. The summed E-state index contributed by atoms with van der Waals surface area (Å²) in [6.45, 7) is 3.83. The van der Waals surface area contributed by atoms with Crippen LogP contribution in [0.25, 0.3) is 33.1 Å². The number of nitrogens with zero attached hydrogens (tertiary/aromatic N) is 1. The van der Waals surface area contributed by atoms with Gasteiger partial charge in [0.15, 0.2) is 5.13 Å². The summed E-state index contributed by atoms with van der Waals surface area (Å²) in [6, 6.07) is 13.9. The first-order valence-electron chi connectivity index (χ1n) is 10.3. The van der Waals surface area contributed by atoms with E-state index in [0.29, 0.717) is 21.9 Å². The largest absolute Gasteiger partial charge is 0.461 e. The van der Waals surface area contributed by atoms with Crippen LogP contribution in [-0.2, 0) is 11.2 Å². The SMILES string of the molecule is Cc1oc2cc3oc(=O)c(CCC(=O)Nc4nccs4)c(C)c3cc2c1-c1ccccc1. The molecule has 0 bridgehead atoms. The van der Waals surface area contributed by atoms with Crippen LogP contribution in [0.3, 0.4) is 0 Å². The second kappa shape index (κ2) is 8.09. The molecule has 3 aromatic heterocycles. The summed E-state index contributed by atoms with van der Waals surface area (Å²) in [7, 11) is 0. The fraction of sp³-hybridized carbons (Fsp3) is 0.160. The fourth-order valence-electron chi connectivity index (χ4n) is 4.06. The summed E-state index contributed by atoms with van der Waals surface area (Å²) >= 11 is 1.35. The fourth-order valence-corrected chi connectivity index (χ4v) is 4.60. The van der Waals surface area contributed by atoms with Gasteiger partial charge in [0.25, 0.3) is 0 Å². The highest BCUT2D eigenvalue weighted by Crippen LogP contribution is 2.37. The van der Waals surface area contributed by atoms with E-state index in [2.05, 4.69) is 10.3 Å². The Morgan fingerprint density at radius 3 is 2.59 bits per heavy atom. The van der Waals surface area contributed by atoms with Crippen molar-refractivity contribution in [3.63, 3.8) is 0 Å². The van der Waals surface area contributed by atoms with Crippen molar-refractivity contribution in [3.8, 4) is 11.1 Å². The maximum Gasteiger partial charge on any atom is 0.339 e. The second-order valence-electron chi connectivity index (χ2n) is 7.62. The highest BCUT2D eigenvalue weighted by atomic mass is 32.1. The molecule has 1 amide bonds. The number of furan rings is 1. The number of carbonyl (C=O) groups excluding carboxylic acids is 1. The van der Waals surface area contributed by atoms with Crippen molar-refractivity contribution in [2.24, 2.45) is 0 Å². The summed E-state index contributed by atoms with van der Waals surface area (Å²) < 4.78 is 11.6. The molecule has 1 N–H and O–H groups in total. The van der Waals surface area contributed by atoms with Crippen LogP contribution in [0.5, 0.6) is 0 Å². The lowest BCUT2D eigenvalue weighted by molar-refractivity contribution is -0.116. The highest BCUT2D eigenvalue weighted by Gasteiger charge is 2.18. The predicted molar refractivity (Wildman–Crippen MR) is 126 cm³/mol. The number of fused-ring (bicyclic) bond motifs is 2. The molecule has 5 rings (SSSR count). The number of hydrogen-bond acceptors (Lipinski definition) is 6. The number of rotatable bonds is 5. The number of aryl methyl sites for hydroxylation is 2. The molecule has 0 aliphatic heterocycles. The molecule has 0 saturated carbocycles. The van der Waals surface area contributed by atoms with E-state index < -0.39 is 5.63 Å². The third kappa shape index (κ3) is 3.61. The summed E-state index contributed by atoms with van der Waals surface area (Å²) in [4.78, 5) is 29.0. The van der Waals surface area contributed by atoms with Crippen molar-refractivity contribution in [2.75, 3.05) is 5.32 Å². The van der Waals surface area contributed by atoms with Crippen LogP contribution in [0.1, 0.15) is 23.3 Å². The van der Waals surface area contributed by atoms with Gasteiger partial charge in [-0.25, -0.2) is 9.78 Å². The minimum atomic E-state index is -0.428. The first kappa shape index (κ1) is 20.2. The third-order valence-electron chi connectivity index (χ3n) is 5.62. The second-order valence-corrected chi connectivity index (χ2v) is 8.52. The summed E-state index contributed by atoms with van der Waals surface area (Å²) in [5, 5.41) is 6.88. The summed E-state index contributed by atoms with van der Waals surface area (Å²) in [5.74, 6) is 0.617. The summed E-state index contributed by atoms with van der Waals surface area (Å²) in [5.41, 5.74) is 4.14. The molecule has 0 fully saturated rings. The van der Waals surface area contributed by atoms with Crippen LogP contribution in [0.4, 0.5) is 5.13 Å². The molecule has 0 radical (unpaired) electrons. The molecule has 6 nitrogen and oxygen atoms in total. The van der Waals surface area contributed by atoms with Crippen LogP contribution in [-0.4, -0.2) is 10.9 Å². The number of thiazole rings is 1. The van der Waals surface area contributed by atoms with E-state index >= 15 is 0 Å². The van der Waals surface area contributed by atoms with Gasteiger partial charge in [-0.15, -0.1) is 11.3 Å². The lowest BCUT2D eigenvalue weighted by atomic mass is 9.98. The Hall–Kier alpha value is -3.71. The van der Waals surface area contributed by atoms with Gasteiger partial charge in [-0.1, -0.05) is 30.3 Å². The molecule has 0 atom stereocenters. The highest BCUT2D eigenvalue weighted by molar-refractivity contribution is 7.13. The van der Waals surface area contributed by atoms with Crippen molar-refractivity contribution in [1.82, 2.24) is 4.98 Å². The Balaban J connectivity index is 1.54. The monoisotopic (exact) mass is 444 g/mol.